The first-order valence-corrected chi connectivity index (χ1v) is 9.76. The number of hydrogen-bond donors (Lipinski definition) is 2. The molecule has 1 aromatic heterocycles. The van der Waals surface area contributed by atoms with Crippen molar-refractivity contribution in [2.45, 2.75) is 19.6 Å². The number of nitriles is 1. The Morgan fingerprint density at radius 2 is 1.81 bits per heavy atom. The number of nitrogens with zero attached hydrogens (tertiary/aromatic N) is 2. The Morgan fingerprint density at radius 3 is 2.41 bits per heavy atom. The van der Waals surface area contributed by atoms with Crippen molar-refractivity contribution in [3.63, 3.8) is 0 Å². The van der Waals surface area contributed by atoms with Crippen LogP contribution in [0.3, 0.4) is 0 Å². The molecule has 1 heterocycles. The molecule has 0 unspecified atom stereocenters. The minimum absolute atomic E-state index is 0.267. The fourth-order valence-electron chi connectivity index (χ4n) is 3.86. The third-order valence-corrected chi connectivity index (χ3v) is 5.30. The first-order chi connectivity index (χ1) is 15.2. The van der Waals surface area contributed by atoms with E-state index in [0.29, 0.717) is 45.4 Å². The van der Waals surface area contributed by atoms with Crippen molar-refractivity contribution in [2.24, 2.45) is 0 Å². The van der Waals surface area contributed by atoms with Gasteiger partial charge in [-0.15, -0.1) is 0 Å². The summed E-state index contributed by atoms with van der Waals surface area (Å²) in [4.78, 5) is 0. The monoisotopic (exact) mass is 438 g/mol. The van der Waals surface area contributed by atoms with E-state index in [0.717, 1.165) is 17.7 Å². The molecule has 0 amide bonds. The second-order valence-corrected chi connectivity index (χ2v) is 7.50. The first kappa shape index (κ1) is 21.5. The zero-order chi connectivity index (χ0) is 23.0. The van der Waals surface area contributed by atoms with Gasteiger partial charge in [-0.25, -0.2) is 4.39 Å². The van der Waals surface area contributed by atoms with Crippen molar-refractivity contribution in [3.8, 4) is 28.5 Å². The predicted molar refractivity (Wildman–Crippen MR) is 114 cm³/mol. The van der Waals surface area contributed by atoms with Gasteiger partial charge < -0.3 is 5.32 Å². The van der Waals surface area contributed by atoms with Gasteiger partial charge in [-0.05, 0) is 55.4 Å². The summed E-state index contributed by atoms with van der Waals surface area (Å²) in [5, 5.41) is 20.3. The maximum absolute atomic E-state index is 15.1. The molecule has 0 saturated carbocycles. The molecule has 32 heavy (non-hydrogen) atoms. The number of fused-ring (bicyclic) bond motifs is 1. The first-order valence-electron chi connectivity index (χ1n) is 9.76. The molecule has 0 saturated heterocycles. The summed E-state index contributed by atoms with van der Waals surface area (Å²) in [7, 11) is 1.77. The average molecular weight is 438 g/mol. The number of nitrogens with one attached hydrogen (secondary N) is 2. The van der Waals surface area contributed by atoms with Gasteiger partial charge in [-0.3, -0.25) is 5.10 Å². The largest absolute Gasteiger partial charge is 0.416 e. The summed E-state index contributed by atoms with van der Waals surface area (Å²) in [6.07, 6.45) is -4.43. The minimum Gasteiger partial charge on any atom is -0.316 e. The molecule has 0 bridgehead atoms. The van der Waals surface area contributed by atoms with Crippen LogP contribution in [0, 0.1) is 24.1 Å². The minimum atomic E-state index is -4.43. The van der Waals surface area contributed by atoms with Gasteiger partial charge in [0.15, 0.2) is 0 Å². The number of benzene rings is 3. The molecular weight excluding hydrogens is 420 g/mol. The molecule has 4 aromatic rings. The van der Waals surface area contributed by atoms with Gasteiger partial charge in [-0.2, -0.15) is 23.5 Å². The van der Waals surface area contributed by atoms with Crippen LogP contribution >= 0.6 is 0 Å². The summed E-state index contributed by atoms with van der Waals surface area (Å²) >= 11 is 0. The molecule has 0 radical (unpaired) electrons. The number of halogens is 4. The van der Waals surface area contributed by atoms with E-state index in [9.17, 15) is 18.4 Å². The van der Waals surface area contributed by atoms with Crippen molar-refractivity contribution in [1.29, 1.82) is 5.26 Å². The van der Waals surface area contributed by atoms with E-state index in [2.05, 4.69) is 21.6 Å². The Kier molecular flexibility index (Phi) is 5.45. The van der Waals surface area contributed by atoms with Crippen molar-refractivity contribution in [2.75, 3.05) is 7.05 Å². The molecule has 2 N–H and O–H groups in total. The third-order valence-electron chi connectivity index (χ3n) is 5.30. The molecule has 0 aliphatic rings. The fraction of sp³-hybridized carbons (Fsp3) is 0.167. The van der Waals surface area contributed by atoms with Gasteiger partial charge in [0.2, 0.25) is 0 Å². The highest BCUT2D eigenvalue weighted by Gasteiger charge is 2.30. The van der Waals surface area contributed by atoms with Crippen LogP contribution in [0.5, 0.6) is 0 Å². The summed E-state index contributed by atoms with van der Waals surface area (Å²) < 4.78 is 53.8. The SMILES string of the molecule is CNCc1cc(C)c(-c2cc3c(-c4ccc(C(F)(F)F)cc4)n[nH]c3cc2C#N)c(F)c1. The Bertz CT molecular complexity index is 1320. The highest BCUT2D eigenvalue weighted by Crippen LogP contribution is 2.37. The summed E-state index contributed by atoms with van der Waals surface area (Å²) in [6, 6.07) is 13.3. The molecule has 4 nitrogen and oxygen atoms in total. The van der Waals surface area contributed by atoms with Crippen LogP contribution in [-0.2, 0) is 12.7 Å². The zero-order valence-electron chi connectivity index (χ0n) is 17.2. The maximum atomic E-state index is 15.1. The second kappa shape index (κ2) is 8.09. The average Bonchev–Trinajstić information content (AvgIpc) is 3.15. The van der Waals surface area contributed by atoms with Crippen molar-refractivity contribution in [3.05, 3.63) is 76.6 Å². The highest BCUT2D eigenvalue weighted by atomic mass is 19.4. The number of aromatic amines is 1. The number of aryl methyl sites for hydroxylation is 1. The molecule has 0 spiro atoms. The van der Waals surface area contributed by atoms with E-state index in [1.54, 1.807) is 26.1 Å². The molecule has 162 valence electrons. The Hall–Kier alpha value is -3.70. The van der Waals surface area contributed by atoms with Crippen LogP contribution in [0.4, 0.5) is 17.6 Å². The smallest absolute Gasteiger partial charge is 0.316 e. The van der Waals surface area contributed by atoms with Gasteiger partial charge in [-0.1, -0.05) is 18.2 Å². The Labute approximate surface area is 181 Å². The van der Waals surface area contributed by atoms with Crippen molar-refractivity contribution >= 4 is 10.9 Å². The molecule has 4 rings (SSSR count). The van der Waals surface area contributed by atoms with Crippen LogP contribution in [0.15, 0.2) is 48.5 Å². The fourth-order valence-corrected chi connectivity index (χ4v) is 3.86. The number of H-pyrrole nitrogens is 1. The quantitative estimate of drug-likeness (QED) is 0.387. The van der Waals surface area contributed by atoms with Crippen LogP contribution in [0.25, 0.3) is 33.3 Å². The summed E-state index contributed by atoms with van der Waals surface area (Å²) in [5.41, 5.74) is 3.10. The number of rotatable bonds is 4. The Morgan fingerprint density at radius 1 is 1.09 bits per heavy atom. The molecule has 0 aliphatic carbocycles. The van der Waals surface area contributed by atoms with E-state index in [4.69, 9.17) is 0 Å². The van der Waals surface area contributed by atoms with Crippen LogP contribution < -0.4 is 5.32 Å². The predicted octanol–water partition coefficient (Wildman–Crippen LogP) is 5.95. The normalized spacial score (nSPS) is 11.7. The van der Waals surface area contributed by atoms with E-state index >= 15 is 4.39 Å². The molecule has 3 aromatic carbocycles. The maximum Gasteiger partial charge on any atom is 0.416 e. The lowest BCUT2D eigenvalue weighted by atomic mass is 9.92. The lowest BCUT2D eigenvalue weighted by Gasteiger charge is -2.13. The topological polar surface area (TPSA) is 64.5 Å². The second-order valence-electron chi connectivity index (χ2n) is 7.50. The molecule has 8 heteroatoms. The third kappa shape index (κ3) is 3.83. The number of hydrogen-bond acceptors (Lipinski definition) is 3. The van der Waals surface area contributed by atoms with Crippen LogP contribution in [0.1, 0.15) is 22.3 Å². The highest BCUT2D eigenvalue weighted by molar-refractivity contribution is 5.97. The van der Waals surface area contributed by atoms with Crippen molar-refractivity contribution < 1.29 is 17.6 Å². The van der Waals surface area contributed by atoms with Crippen molar-refractivity contribution in [1.82, 2.24) is 15.5 Å². The van der Waals surface area contributed by atoms with Crippen LogP contribution in [0.2, 0.25) is 0 Å². The lowest BCUT2D eigenvalue weighted by molar-refractivity contribution is -0.137. The van der Waals surface area contributed by atoms with E-state index in [1.165, 1.54) is 18.2 Å². The van der Waals surface area contributed by atoms with Gasteiger partial charge >= 0.3 is 6.18 Å². The van der Waals surface area contributed by atoms with Gasteiger partial charge in [0, 0.05) is 28.6 Å². The molecule has 0 aliphatic heterocycles. The van der Waals surface area contributed by atoms with E-state index in [-0.39, 0.29) is 5.56 Å². The molecular formula is C24H18F4N4. The van der Waals surface area contributed by atoms with Gasteiger partial charge in [0.25, 0.3) is 0 Å². The summed E-state index contributed by atoms with van der Waals surface area (Å²) in [6.45, 7) is 2.27. The number of alkyl halides is 3. The Balaban J connectivity index is 1.88. The van der Waals surface area contributed by atoms with E-state index < -0.39 is 17.6 Å². The van der Waals surface area contributed by atoms with Gasteiger partial charge in [0.05, 0.1) is 28.4 Å². The standard InChI is InChI=1S/C24H18F4N4/c1-13-7-14(12-30-2)8-20(25)22(13)18-10-19-21(9-16(18)11-29)31-32-23(19)15-3-5-17(6-4-15)24(26,27)28/h3-10,30H,12H2,1-2H3,(H,31,32). The lowest BCUT2D eigenvalue weighted by Crippen LogP contribution is -2.06. The summed E-state index contributed by atoms with van der Waals surface area (Å²) in [5.74, 6) is -0.453. The number of aromatic nitrogens is 2. The molecule has 0 atom stereocenters. The van der Waals surface area contributed by atoms with E-state index in [1.807, 2.05) is 6.07 Å². The van der Waals surface area contributed by atoms with Gasteiger partial charge in [0.1, 0.15) is 5.82 Å². The zero-order valence-corrected chi connectivity index (χ0v) is 17.2. The van der Waals surface area contributed by atoms with Crippen LogP contribution in [-0.4, -0.2) is 17.2 Å². The molecule has 0 fully saturated rings.